The Morgan fingerprint density at radius 3 is 1.64 bits per heavy atom. The number of benzene rings is 4. The summed E-state index contributed by atoms with van der Waals surface area (Å²) in [5.74, 6) is 0.398. The number of carbonyl (C=O) groups excluding carboxylic acids is 1. The van der Waals surface area contributed by atoms with Gasteiger partial charge in [0.25, 0.3) is 0 Å². The van der Waals surface area contributed by atoms with E-state index in [1.807, 2.05) is 54.6 Å². The lowest BCUT2D eigenvalue weighted by atomic mass is 9.70. The first-order valence-electron chi connectivity index (χ1n) is 11.7. The van der Waals surface area contributed by atoms with Crippen molar-refractivity contribution in [2.45, 2.75) is 24.7 Å². The monoisotopic (exact) mass is 432 g/mol. The second-order valence-electron chi connectivity index (χ2n) is 8.71. The predicted octanol–water partition coefficient (Wildman–Crippen LogP) is 7.22. The van der Waals surface area contributed by atoms with Gasteiger partial charge < -0.3 is 4.74 Å². The molecular weight excluding hydrogens is 404 g/mol. The average molecular weight is 433 g/mol. The Labute approximate surface area is 195 Å². The van der Waals surface area contributed by atoms with Crippen LogP contribution in [0.15, 0.2) is 115 Å². The quantitative estimate of drug-likeness (QED) is 0.318. The number of esters is 1. The third-order valence-electron chi connectivity index (χ3n) is 6.83. The van der Waals surface area contributed by atoms with Crippen LogP contribution in [0.5, 0.6) is 0 Å². The molecule has 164 valence electrons. The van der Waals surface area contributed by atoms with E-state index in [1.165, 1.54) is 27.8 Å². The zero-order chi connectivity index (χ0) is 22.5. The van der Waals surface area contributed by atoms with Crippen molar-refractivity contribution in [2.24, 2.45) is 5.92 Å². The summed E-state index contributed by atoms with van der Waals surface area (Å²) >= 11 is 0. The Balaban J connectivity index is 0.000000332. The van der Waals surface area contributed by atoms with E-state index < -0.39 is 0 Å². The minimum absolute atomic E-state index is 0.000657. The Bertz CT molecular complexity index is 1130. The van der Waals surface area contributed by atoms with Crippen LogP contribution in [-0.4, -0.2) is 12.6 Å². The molecule has 6 rings (SSSR count). The number of hydrogen-bond donors (Lipinski definition) is 0. The third-order valence-corrected chi connectivity index (χ3v) is 6.83. The molecular formula is C31H28O2. The number of ether oxygens (including phenoxy) is 1. The second-order valence-corrected chi connectivity index (χ2v) is 8.71. The number of hydrogen-bond acceptors (Lipinski definition) is 2. The maximum absolute atomic E-state index is 12.8. The minimum atomic E-state index is -0.0445. The fourth-order valence-electron chi connectivity index (χ4n) is 4.98. The van der Waals surface area contributed by atoms with Crippen molar-refractivity contribution in [1.29, 1.82) is 0 Å². The highest BCUT2D eigenvalue weighted by Gasteiger charge is 2.39. The molecule has 1 unspecified atom stereocenters. The fourth-order valence-corrected chi connectivity index (χ4v) is 4.98. The number of rotatable bonds is 4. The van der Waals surface area contributed by atoms with Gasteiger partial charge in [-0.05, 0) is 46.6 Å². The van der Waals surface area contributed by atoms with Crippen molar-refractivity contribution in [1.82, 2.24) is 0 Å². The van der Waals surface area contributed by atoms with Crippen LogP contribution >= 0.6 is 0 Å². The van der Waals surface area contributed by atoms with E-state index >= 15 is 0 Å². The lowest BCUT2D eigenvalue weighted by Crippen LogP contribution is -2.33. The van der Waals surface area contributed by atoms with Crippen molar-refractivity contribution < 1.29 is 9.53 Å². The van der Waals surface area contributed by atoms with Crippen LogP contribution in [0.3, 0.4) is 0 Å². The standard InChI is InChI=1S/C25H22O2.C6H6/c26-25(23-15-14-18(23)17-8-2-1-3-9-17)27-16-24-21-12-6-4-10-19(21)20-11-5-7-13-22(20)24;1-2-4-6-5-3-1/h1-13,18,23-24H,14-16H2;1-6H/t18-,23?;/m1./s1. The van der Waals surface area contributed by atoms with Crippen molar-refractivity contribution in [3.05, 3.63) is 132 Å². The van der Waals surface area contributed by atoms with Crippen molar-refractivity contribution in [3.63, 3.8) is 0 Å². The molecule has 1 fully saturated rings. The zero-order valence-electron chi connectivity index (χ0n) is 18.6. The van der Waals surface area contributed by atoms with Crippen LogP contribution in [0, 0.1) is 5.92 Å². The summed E-state index contributed by atoms with van der Waals surface area (Å²) in [7, 11) is 0. The molecule has 4 aromatic carbocycles. The van der Waals surface area contributed by atoms with E-state index in [4.69, 9.17) is 4.74 Å². The van der Waals surface area contributed by atoms with Gasteiger partial charge in [0.05, 0.1) is 5.92 Å². The maximum atomic E-state index is 12.8. The van der Waals surface area contributed by atoms with Crippen molar-refractivity contribution >= 4 is 5.97 Å². The van der Waals surface area contributed by atoms with Gasteiger partial charge in [-0.2, -0.15) is 0 Å². The molecule has 0 radical (unpaired) electrons. The first-order valence-corrected chi connectivity index (χ1v) is 11.7. The lowest BCUT2D eigenvalue weighted by Gasteiger charge is -2.35. The van der Waals surface area contributed by atoms with E-state index in [9.17, 15) is 4.79 Å². The smallest absolute Gasteiger partial charge is 0.309 e. The van der Waals surface area contributed by atoms with Crippen LogP contribution < -0.4 is 0 Å². The molecule has 0 bridgehead atoms. The fraction of sp³-hybridized carbons (Fsp3) is 0.194. The van der Waals surface area contributed by atoms with Crippen LogP contribution in [0.1, 0.15) is 41.4 Å². The number of carbonyl (C=O) groups is 1. The van der Waals surface area contributed by atoms with Gasteiger partial charge in [-0.25, -0.2) is 0 Å². The number of fused-ring (bicyclic) bond motifs is 3. The van der Waals surface area contributed by atoms with Gasteiger partial charge in [0, 0.05) is 5.92 Å². The molecule has 2 heteroatoms. The van der Waals surface area contributed by atoms with E-state index in [0.717, 1.165) is 12.8 Å². The first kappa shape index (κ1) is 21.2. The average Bonchev–Trinajstić information content (AvgIpc) is 3.18. The molecule has 33 heavy (non-hydrogen) atoms. The summed E-state index contributed by atoms with van der Waals surface area (Å²) in [5.41, 5.74) is 6.31. The summed E-state index contributed by atoms with van der Waals surface area (Å²) in [5, 5.41) is 0. The largest absolute Gasteiger partial charge is 0.464 e. The normalized spacial score (nSPS) is 18.2. The highest BCUT2D eigenvalue weighted by Crippen LogP contribution is 2.46. The summed E-state index contributed by atoms with van der Waals surface area (Å²) < 4.78 is 5.86. The van der Waals surface area contributed by atoms with E-state index in [0.29, 0.717) is 12.5 Å². The predicted molar refractivity (Wildman–Crippen MR) is 133 cm³/mol. The Morgan fingerprint density at radius 1 is 0.636 bits per heavy atom. The molecule has 2 aliphatic carbocycles. The van der Waals surface area contributed by atoms with Gasteiger partial charge in [0.1, 0.15) is 6.61 Å². The summed E-state index contributed by atoms with van der Waals surface area (Å²) in [6.07, 6.45) is 2.00. The Kier molecular flexibility index (Phi) is 6.34. The van der Waals surface area contributed by atoms with Gasteiger partial charge in [-0.3, -0.25) is 4.79 Å². The second kappa shape index (κ2) is 9.87. The Morgan fingerprint density at radius 2 is 1.12 bits per heavy atom. The molecule has 2 aliphatic rings. The molecule has 0 aromatic heterocycles. The van der Waals surface area contributed by atoms with Gasteiger partial charge in [-0.1, -0.05) is 115 Å². The minimum Gasteiger partial charge on any atom is -0.464 e. The molecule has 2 nitrogen and oxygen atoms in total. The van der Waals surface area contributed by atoms with E-state index in [2.05, 4.69) is 60.7 Å². The van der Waals surface area contributed by atoms with Crippen LogP contribution in [-0.2, 0) is 9.53 Å². The van der Waals surface area contributed by atoms with Gasteiger partial charge >= 0.3 is 5.97 Å². The highest BCUT2D eigenvalue weighted by molar-refractivity contribution is 5.79. The molecule has 4 aromatic rings. The molecule has 1 saturated carbocycles. The third kappa shape index (κ3) is 4.47. The van der Waals surface area contributed by atoms with Crippen LogP contribution in [0.4, 0.5) is 0 Å². The Hall–Kier alpha value is -3.65. The zero-order valence-corrected chi connectivity index (χ0v) is 18.6. The first-order chi connectivity index (χ1) is 16.3. The highest BCUT2D eigenvalue weighted by atomic mass is 16.5. The van der Waals surface area contributed by atoms with Crippen LogP contribution in [0.2, 0.25) is 0 Å². The molecule has 2 atom stereocenters. The molecule has 0 saturated heterocycles. The SMILES string of the molecule is O=C(OCC1c2ccccc2-c2ccccc21)C1CC[C@@H]1c1ccccc1.c1ccccc1. The van der Waals surface area contributed by atoms with Crippen molar-refractivity contribution in [2.75, 3.05) is 6.61 Å². The maximum Gasteiger partial charge on any atom is 0.309 e. The van der Waals surface area contributed by atoms with Crippen molar-refractivity contribution in [3.8, 4) is 11.1 Å². The van der Waals surface area contributed by atoms with Gasteiger partial charge in [-0.15, -0.1) is 0 Å². The van der Waals surface area contributed by atoms with Gasteiger partial charge in [0.2, 0.25) is 0 Å². The molecule has 0 N–H and O–H groups in total. The molecule has 0 amide bonds. The molecule has 0 heterocycles. The van der Waals surface area contributed by atoms with Gasteiger partial charge in [0.15, 0.2) is 0 Å². The van der Waals surface area contributed by atoms with E-state index in [-0.39, 0.29) is 17.8 Å². The molecule has 0 spiro atoms. The topological polar surface area (TPSA) is 26.3 Å². The summed E-state index contributed by atoms with van der Waals surface area (Å²) in [4.78, 5) is 12.8. The van der Waals surface area contributed by atoms with E-state index in [1.54, 1.807) is 0 Å². The van der Waals surface area contributed by atoms with Crippen LogP contribution in [0.25, 0.3) is 11.1 Å². The lowest BCUT2D eigenvalue weighted by molar-refractivity contribution is -0.152. The molecule has 0 aliphatic heterocycles. The summed E-state index contributed by atoms with van der Waals surface area (Å²) in [6, 6.07) is 39.3. The summed E-state index contributed by atoms with van der Waals surface area (Å²) in [6.45, 7) is 0.421.